The summed E-state index contributed by atoms with van der Waals surface area (Å²) >= 11 is 1.71. The monoisotopic (exact) mass is 464 g/mol. The average Bonchev–Trinajstić information content (AvgIpc) is 3.12. The smallest absolute Gasteiger partial charge is 0.190 e. The predicted molar refractivity (Wildman–Crippen MR) is 129 cm³/mol. The number of benzene rings is 3. The van der Waals surface area contributed by atoms with Crippen LogP contribution in [-0.4, -0.2) is 4.57 Å². The highest BCUT2D eigenvalue weighted by Crippen LogP contribution is 2.24. The summed E-state index contributed by atoms with van der Waals surface area (Å²) in [6.07, 6.45) is 0.984. The molecule has 1 heterocycles. The second kappa shape index (κ2) is 9.86. The maximum Gasteiger partial charge on any atom is 0.190 e. The number of para-hydroxylation sites is 1. The van der Waals surface area contributed by atoms with E-state index in [9.17, 15) is 0 Å². The maximum absolute atomic E-state index is 4.92. The van der Waals surface area contributed by atoms with Crippen LogP contribution < -0.4 is 4.80 Å². The van der Waals surface area contributed by atoms with Gasteiger partial charge < -0.3 is 4.57 Å². The van der Waals surface area contributed by atoms with Crippen molar-refractivity contribution >= 4 is 34.0 Å². The van der Waals surface area contributed by atoms with Crippen molar-refractivity contribution < 1.29 is 0 Å². The topological polar surface area (TPSA) is 17.3 Å². The summed E-state index contributed by atoms with van der Waals surface area (Å²) in [7, 11) is 0. The fourth-order valence-electron chi connectivity index (χ4n) is 3.26. The highest BCUT2D eigenvalue weighted by atomic mass is 79.9. The molecule has 4 aromatic rings. The van der Waals surface area contributed by atoms with Gasteiger partial charge in [-0.3, -0.25) is 0 Å². The summed E-state index contributed by atoms with van der Waals surface area (Å²) in [5.74, 6) is 0. The number of aryl methyl sites for hydroxylation is 3. The number of rotatable bonds is 5. The second-order valence-corrected chi connectivity index (χ2v) is 7.87. The normalized spacial score (nSPS) is 11.3. The summed E-state index contributed by atoms with van der Waals surface area (Å²) in [6.45, 7) is 5.24. The molecular weight excluding hydrogens is 440 g/mol. The number of hydrogen-bond acceptors (Lipinski definition) is 2. The van der Waals surface area contributed by atoms with Gasteiger partial charge in [-0.1, -0.05) is 60.7 Å². The van der Waals surface area contributed by atoms with E-state index in [0.717, 1.165) is 23.5 Å². The molecule has 148 valence electrons. The minimum Gasteiger partial charge on any atom is -0.316 e. The van der Waals surface area contributed by atoms with Crippen LogP contribution in [0.3, 0.4) is 0 Å². The first-order chi connectivity index (χ1) is 13.7. The Balaban J connectivity index is 0.00000240. The van der Waals surface area contributed by atoms with Crippen molar-refractivity contribution in [3.8, 4) is 11.3 Å². The molecule has 1 aromatic heterocycles. The van der Waals surface area contributed by atoms with E-state index in [-0.39, 0.29) is 17.0 Å². The number of thiazole rings is 1. The molecule has 0 amide bonds. The SMILES string of the molecule is Br.Cc1ccc(-c2csc(=Nc3ccccc3)n2CCc2ccccc2)cc1C. The van der Waals surface area contributed by atoms with Crippen molar-refractivity contribution in [2.75, 3.05) is 0 Å². The van der Waals surface area contributed by atoms with Gasteiger partial charge in [0.05, 0.1) is 11.4 Å². The van der Waals surface area contributed by atoms with Gasteiger partial charge in [-0.15, -0.1) is 28.3 Å². The van der Waals surface area contributed by atoms with Crippen LogP contribution in [0.4, 0.5) is 5.69 Å². The maximum atomic E-state index is 4.92. The summed E-state index contributed by atoms with van der Waals surface area (Å²) < 4.78 is 2.36. The van der Waals surface area contributed by atoms with Gasteiger partial charge >= 0.3 is 0 Å². The summed E-state index contributed by atoms with van der Waals surface area (Å²) in [5.41, 5.74) is 7.46. The molecular formula is C25H25BrN2S. The Morgan fingerprint density at radius 2 is 1.52 bits per heavy atom. The lowest BCUT2D eigenvalue weighted by molar-refractivity contribution is 0.684. The van der Waals surface area contributed by atoms with Gasteiger partial charge in [-0.25, -0.2) is 4.99 Å². The van der Waals surface area contributed by atoms with E-state index in [4.69, 9.17) is 4.99 Å². The fourth-order valence-corrected chi connectivity index (χ4v) is 4.22. The molecule has 4 rings (SSSR count). The Labute approximate surface area is 187 Å². The van der Waals surface area contributed by atoms with Crippen LogP contribution in [0.1, 0.15) is 16.7 Å². The Morgan fingerprint density at radius 1 is 0.828 bits per heavy atom. The lowest BCUT2D eigenvalue weighted by Crippen LogP contribution is -2.17. The molecule has 0 atom stereocenters. The standard InChI is InChI=1S/C25H24N2S.BrH/c1-19-13-14-22(17-20(19)2)24-18-28-25(26-23-11-7-4-8-12-23)27(24)16-15-21-9-5-3-6-10-21;/h3-14,17-18H,15-16H2,1-2H3;1H. The molecule has 0 unspecified atom stereocenters. The van der Waals surface area contributed by atoms with Gasteiger partial charge in [-0.2, -0.15) is 0 Å². The van der Waals surface area contributed by atoms with Gasteiger partial charge in [0.15, 0.2) is 4.80 Å². The second-order valence-electron chi connectivity index (χ2n) is 7.04. The first-order valence-corrected chi connectivity index (χ1v) is 10.5. The predicted octanol–water partition coefficient (Wildman–Crippen LogP) is 6.89. The minimum absolute atomic E-state index is 0. The summed E-state index contributed by atoms with van der Waals surface area (Å²) in [6, 6.07) is 27.6. The molecule has 0 saturated carbocycles. The van der Waals surface area contributed by atoms with Crippen LogP contribution in [0.2, 0.25) is 0 Å². The molecule has 2 nitrogen and oxygen atoms in total. The molecule has 0 N–H and O–H groups in total. The molecule has 0 saturated heterocycles. The van der Waals surface area contributed by atoms with Gasteiger partial charge in [0.2, 0.25) is 0 Å². The Hall–Kier alpha value is -2.43. The molecule has 0 bridgehead atoms. The molecule has 0 aliphatic carbocycles. The highest BCUT2D eigenvalue weighted by Gasteiger charge is 2.09. The zero-order chi connectivity index (χ0) is 19.3. The quantitative estimate of drug-likeness (QED) is 0.306. The van der Waals surface area contributed by atoms with Crippen molar-refractivity contribution in [3.05, 3.63) is 106 Å². The third-order valence-electron chi connectivity index (χ3n) is 5.05. The van der Waals surface area contributed by atoms with Crippen molar-refractivity contribution in [1.82, 2.24) is 4.57 Å². The molecule has 4 heteroatoms. The number of halogens is 1. The van der Waals surface area contributed by atoms with E-state index >= 15 is 0 Å². The zero-order valence-electron chi connectivity index (χ0n) is 16.7. The van der Waals surface area contributed by atoms with Crippen molar-refractivity contribution in [3.63, 3.8) is 0 Å². The van der Waals surface area contributed by atoms with E-state index in [1.165, 1.54) is 27.9 Å². The number of hydrogen-bond donors (Lipinski definition) is 0. The highest BCUT2D eigenvalue weighted by molar-refractivity contribution is 8.93. The van der Waals surface area contributed by atoms with E-state index < -0.39 is 0 Å². The average molecular weight is 465 g/mol. The van der Waals surface area contributed by atoms with Gasteiger partial charge in [0.25, 0.3) is 0 Å². The van der Waals surface area contributed by atoms with Crippen LogP contribution in [0.15, 0.2) is 89.2 Å². The van der Waals surface area contributed by atoms with Gasteiger partial charge in [0, 0.05) is 11.9 Å². The van der Waals surface area contributed by atoms with Crippen LogP contribution in [-0.2, 0) is 13.0 Å². The third-order valence-corrected chi connectivity index (χ3v) is 5.91. The molecule has 0 fully saturated rings. The van der Waals surface area contributed by atoms with E-state index in [2.05, 4.69) is 84.5 Å². The molecule has 3 aromatic carbocycles. The number of nitrogens with zero attached hydrogens (tertiary/aromatic N) is 2. The molecule has 0 radical (unpaired) electrons. The van der Waals surface area contributed by atoms with Crippen LogP contribution in [0.25, 0.3) is 11.3 Å². The first-order valence-electron chi connectivity index (χ1n) is 9.60. The van der Waals surface area contributed by atoms with Crippen molar-refractivity contribution in [1.29, 1.82) is 0 Å². The Kier molecular flexibility index (Phi) is 7.24. The minimum atomic E-state index is 0. The lowest BCUT2D eigenvalue weighted by Gasteiger charge is -2.11. The number of aromatic nitrogens is 1. The van der Waals surface area contributed by atoms with Crippen LogP contribution in [0.5, 0.6) is 0 Å². The molecule has 0 aliphatic heterocycles. The molecule has 0 aliphatic rings. The largest absolute Gasteiger partial charge is 0.316 e. The lowest BCUT2D eigenvalue weighted by atomic mass is 10.0. The summed E-state index contributed by atoms with van der Waals surface area (Å²) in [5, 5.41) is 2.23. The van der Waals surface area contributed by atoms with Crippen molar-refractivity contribution in [2.24, 2.45) is 4.99 Å². The van der Waals surface area contributed by atoms with Crippen LogP contribution in [0, 0.1) is 13.8 Å². The molecule has 0 spiro atoms. The van der Waals surface area contributed by atoms with Gasteiger partial charge in [0.1, 0.15) is 0 Å². The first kappa shape index (κ1) is 21.3. The zero-order valence-corrected chi connectivity index (χ0v) is 19.2. The molecule has 29 heavy (non-hydrogen) atoms. The van der Waals surface area contributed by atoms with E-state index in [1.54, 1.807) is 11.3 Å². The Bertz CT molecular complexity index is 1130. The van der Waals surface area contributed by atoms with Crippen molar-refractivity contribution in [2.45, 2.75) is 26.8 Å². The Morgan fingerprint density at radius 3 is 2.21 bits per heavy atom. The van der Waals surface area contributed by atoms with E-state index in [1.807, 2.05) is 18.2 Å². The van der Waals surface area contributed by atoms with Crippen LogP contribution >= 0.6 is 28.3 Å². The summed E-state index contributed by atoms with van der Waals surface area (Å²) in [4.78, 5) is 5.96. The fraction of sp³-hybridized carbons (Fsp3) is 0.160. The van der Waals surface area contributed by atoms with E-state index in [0.29, 0.717) is 0 Å². The third kappa shape index (κ3) is 5.14. The van der Waals surface area contributed by atoms with Gasteiger partial charge in [-0.05, 0) is 60.7 Å².